The van der Waals surface area contributed by atoms with Crippen molar-refractivity contribution in [3.05, 3.63) is 101 Å². The topological polar surface area (TPSA) is 65.2 Å². The molecule has 4 aromatic rings. The normalized spacial score (nSPS) is 12.1. The SMILES string of the molecule is Cc1cccc(NC(=O)CN(C)[C@H](C(=O)c2c[nH]c3ccccc23)c2ccccc2)c1C. The Bertz CT molecular complexity index is 1260. The summed E-state index contributed by atoms with van der Waals surface area (Å²) in [6.45, 7) is 4.09. The number of nitrogens with one attached hydrogen (secondary N) is 2. The molecule has 0 unspecified atom stereocenters. The first-order valence-electron chi connectivity index (χ1n) is 10.7. The van der Waals surface area contributed by atoms with Gasteiger partial charge in [-0.25, -0.2) is 0 Å². The van der Waals surface area contributed by atoms with Crippen molar-refractivity contribution in [3.8, 4) is 0 Å². The fourth-order valence-electron chi connectivity index (χ4n) is 4.06. The second kappa shape index (κ2) is 9.20. The van der Waals surface area contributed by atoms with Crippen LogP contribution in [0.1, 0.15) is 33.1 Å². The van der Waals surface area contributed by atoms with Crippen LogP contribution in [0.5, 0.6) is 0 Å². The second-order valence-corrected chi connectivity index (χ2v) is 8.14. The maximum Gasteiger partial charge on any atom is 0.238 e. The minimum Gasteiger partial charge on any atom is -0.360 e. The summed E-state index contributed by atoms with van der Waals surface area (Å²) in [6, 6.07) is 22.6. The first-order chi connectivity index (χ1) is 15.5. The minimum atomic E-state index is -0.584. The number of aromatic nitrogens is 1. The van der Waals surface area contributed by atoms with Gasteiger partial charge in [0.1, 0.15) is 0 Å². The van der Waals surface area contributed by atoms with Crippen LogP contribution in [0.25, 0.3) is 10.9 Å². The summed E-state index contributed by atoms with van der Waals surface area (Å²) < 4.78 is 0. The summed E-state index contributed by atoms with van der Waals surface area (Å²) in [5.74, 6) is -0.204. The number of nitrogens with zero attached hydrogens (tertiary/aromatic N) is 1. The van der Waals surface area contributed by atoms with Crippen LogP contribution >= 0.6 is 0 Å². The third kappa shape index (κ3) is 4.34. The number of para-hydroxylation sites is 1. The Labute approximate surface area is 188 Å². The quantitative estimate of drug-likeness (QED) is 0.396. The minimum absolute atomic E-state index is 0.0457. The molecule has 5 nitrogen and oxygen atoms in total. The number of amides is 1. The van der Waals surface area contributed by atoms with Crippen LogP contribution < -0.4 is 5.32 Å². The van der Waals surface area contributed by atoms with Gasteiger partial charge in [-0.05, 0) is 49.7 Å². The standard InChI is InChI=1S/C27H27N3O2/c1-18-10-9-15-23(19(18)2)29-25(31)17-30(3)26(20-11-5-4-6-12-20)27(32)22-16-28-24-14-8-7-13-21(22)24/h4-16,26,28H,17H2,1-3H3,(H,29,31)/t26-/m0/s1. The maximum absolute atomic E-state index is 13.7. The zero-order chi connectivity index (χ0) is 22.7. The smallest absolute Gasteiger partial charge is 0.238 e. The van der Waals surface area contributed by atoms with Crippen LogP contribution in [0.15, 0.2) is 79.0 Å². The predicted octanol–water partition coefficient (Wildman–Crippen LogP) is 5.28. The Hall–Kier alpha value is -3.70. The number of aryl methyl sites for hydroxylation is 1. The Morgan fingerprint density at radius 3 is 2.44 bits per heavy atom. The van der Waals surface area contributed by atoms with Gasteiger partial charge in [0.05, 0.1) is 12.6 Å². The molecular weight excluding hydrogens is 398 g/mol. The lowest BCUT2D eigenvalue weighted by Crippen LogP contribution is -2.37. The monoisotopic (exact) mass is 425 g/mol. The molecule has 1 aromatic heterocycles. The second-order valence-electron chi connectivity index (χ2n) is 8.14. The fraction of sp³-hybridized carbons (Fsp3) is 0.185. The molecule has 0 fully saturated rings. The molecule has 0 aliphatic carbocycles. The molecule has 0 saturated heterocycles. The molecule has 0 radical (unpaired) electrons. The van der Waals surface area contributed by atoms with Gasteiger partial charge in [-0.3, -0.25) is 14.5 Å². The zero-order valence-corrected chi connectivity index (χ0v) is 18.6. The van der Waals surface area contributed by atoms with Crippen molar-refractivity contribution in [1.82, 2.24) is 9.88 Å². The van der Waals surface area contributed by atoms with Crippen molar-refractivity contribution in [2.75, 3.05) is 18.9 Å². The van der Waals surface area contributed by atoms with Crippen molar-refractivity contribution >= 4 is 28.3 Å². The summed E-state index contributed by atoms with van der Waals surface area (Å²) in [7, 11) is 1.81. The van der Waals surface area contributed by atoms with E-state index in [-0.39, 0.29) is 18.2 Å². The maximum atomic E-state index is 13.7. The molecule has 3 aromatic carbocycles. The average molecular weight is 426 g/mol. The van der Waals surface area contributed by atoms with E-state index in [0.717, 1.165) is 33.3 Å². The van der Waals surface area contributed by atoms with Gasteiger partial charge in [-0.2, -0.15) is 0 Å². The lowest BCUT2D eigenvalue weighted by Gasteiger charge is -2.27. The molecule has 32 heavy (non-hydrogen) atoms. The van der Waals surface area contributed by atoms with Gasteiger partial charge in [0.2, 0.25) is 5.91 Å². The molecular formula is C27H27N3O2. The number of H-pyrrole nitrogens is 1. The van der Waals surface area contributed by atoms with E-state index in [0.29, 0.717) is 5.56 Å². The summed E-state index contributed by atoms with van der Waals surface area (Å²) in [5, 5.41) is 3.87. The Morgan fingerprint density at radius 1 is 0.938 bits per heavy atom. The van der Waals surface area contributed by atoms with Crippen molar-refractivity contribution in [3.63, 3.8) is 0 Å². The number of rotatable bonds is 7. The van der Waals surface area contributed by atoms with E-state index in [9.17, 15) is 9.59 Å². The van der Waals surface area contributed by atoms with Gasteiger partial charge < -0.3 is 10.3 Å². The lowest BCUT2D eigenvalue weighted by atomic mass is 9.96. The number of hydrogen-bond acceptors (Lipinski definition) is 3. The molecule has 4 rings (SSSR count). The molecule has 1 amide bonds. The highest BCUT2D eigenvalue weighted by molar-refractivity contribution is 6.10. The largest absolute Gasteiger partial charge is 0.360 e. The van der Waals surface area contributed by atoms with Gasteiger partial charge in [0.25, 0.3) is 0 Å². The molecule has 0 aliphatic heterocycles. The van der Waals surface area contributed by atoms with E-state index in [4.69, 9.17) is 0 Å². The van der Waals surface area contributed by atoms with Crippen LogP contribution in [0.4, 0.5) is 5.69 Å². The average Bonchev–Trinajstić information content (AvgIpc) is 3.22. The lowest BCUT2D eigenvalue weighted by molar-refractivity contribution is -0.117. The summed E-state index contributed by atoms with van der Waals surface area (Å²) in [5.41, 5.74) is 5.34. The van der Waals surface area contributed by atoms with Crippen molar-refractivity contribution in [2.24, 2.45) is 0 Å². The molecule has 0 saturated carbocycles. The van der Waals surface area contributed by atoms with Crippen LogP contribution in [0.2, 0.25) is 0 Å². The van der Waals surface area contributed by atoms with Crippen molar-refractivity contribution in [1.29, 1.82) is 0 Å². The molecule has 1 heterocycles. The van der Waals surface area contributed by atoms with Crippen molar-refractivity contribution < 1.29 is 9.59 Å². The Morgan fingerprint density at radius 2 is 1.66 bits per heavy atom. The van der Waals surface area contributed by atoms with E-state index < -0.39 is 6.04 Å². The number of anilines is 1. The van der Waals surface area contributed by atoms with Gasteiger partial charge >= 0.3 is 0 Å². The number of fused-ring (bicyclic) bond motifs is 1. The van der Waals surface area contributed by atoms with Crippen LogP contribution in [-0.4, -0.2) is 35.2 Å². The van der Waals surface area contributed by atoms with E-state index >= 15 is 0 Å². The zero-order valence-electron chi connectivity index (χ0n) is 18.6. The van der Waals surface area contributed by atoms with Gasteiger partial charge in [0.15, 0.2) is 5.78 Å². The number of carbonyl (C=O) groups excluding carboxylic acids is 2. The number of ketones is 1. The van der Waals surface area contributed by atoms with E-state index in [1.807, 2.05) is 93.7 Å². The highest BCUT2D eigenvalue weighted by Gasteiger charge is 2.29. The van der Waals surface area contributed by atoms with E-state index in [2.05, 4.69) is 10.3 Å². The van der Waals surface area contributed by atoms with Gasteiger partial charge in [-0.1, -0.05) is 60.7 Å². The number of benzene rings is 3. The van der Waals surface area contributed by atoms with Crippen LogP contribution in [0.3, 0.4) is 0 Å². The summed E-state index contributed by atoms with van der Waals surface area (Å²) in [4.78, 5) is 31.6. The molecule has 162 valence electrons. The number of carbonyl (C=O) groups is 2. The third-order valence-corrected chi connectivity index (χ3v) is 5.93. The first-order valence-corrected chi connectivity index (χ1v) is 10.7. The number of likely N-dealkylation sites (N-methyl/N-ethyl adjacent to an activating group) is 1. The third-order valence-electron chi connectivity index (χ3n) is 5.93. The Balaban J connectivity index is 1.61. The van der Waals surface area contributed by atoms with Gasteiger partial charge in [0, 0.05) is 28.4 Å². The summed E-state index contributed by atoms with van der Waals surface area (Å²) in [6.07, 6.45) is 1.76. The predicted molar refractivity (Wildman–Crippen MR) is 129 cm³/mol. The van der Waals surface area contributed by atoms with Gasteiger partial charge in [-0.15, -0.1) is 0 Å². The van der Waals surface area contributed by atoms with E-state index in [1.54, 1.807) is 11.1 Å². The number of hydrogen-bond donors (Lipinski definition) is 2. The molecule has 0 aliphatic rings. The highest BCUT2D eigenvalue weighted by Crippen LogP contribution is 2.28. The molecule has 0 spiro atoms. The Kier molecular flexibility index (Phi) is 6.19. The van der Waals surface area contributed by atoms with Crippen molar-refractivity contribution in [2.45, 2.75) is 19.9 Å². The summed E-state index contributed by atoms with van der Waals surface area (Å²) >= 11 is 0. The molecule has 1 atom stereocenters. The number of Topliss-reactive ketones (excluding diaryl/α,β-unsaturated/α-hetero) is 1. The van der Waals surface area contributed by atoms with Crippen LogP contribution in [0, 0.1) is 13.8 Å². The molecule has 0 bridgehead atoms. The first kappa shape index (κ1) is 21.5. The molecule has 2 N–H and O–H groups in total. The fourth-order valence-corrected chi connectivity index (χ4v) is 4.06. The van der Waals surface area contributed by atoms with Crippen LogP contribution in [-0.2, 0) is 4.79 Å². The molecule has 5 heteroatoms. The number of aromatic amines is 1. The van der Waals surface area contributed by atoms with E-state index in [1.165, 1.54) is 0 Å². The highest BCUT2D eigenvalue weighted by atomic mass is 16.2.